The summed E-state index contributed by atoms with van der Waals surface area (Å²) < 4.78 is 12.1. The number of thiazole rings is 1. The van der Waals surface area contributed by atoms with Crippen molar-refractivity contribution in [3.8, 4) is 11.5 Å². The van der Waals surface area contributed by atoms with Crippen LogP contribution in [0, 0.1) is 0 Å². The lowest BCUT2D eigenvalue weighted by Crippen LogP contribution is -2.41. The molecule has 0 aliphatic carbocycles. The van der Waals surface area contributed by atoms with Gasteiger partial charge in [-0.25, -0.2) is 9.78 Å². The predicted octanol–water partition coefficient (Wildman–Crippen LogP) is 3.42. The van der Waals surface area contributed by atoms with E-state index in [0.717, 1.165) is 11.3 Å². The fourth-order valence-electron chi connectivity index (χ4n) is 3.61. The van der Waals surface area contributed by atoms with Gasteiger partial charge in [-0.05, 0) is 38.5 Å². The van der Waals surface area contributed by atoms with E-state index in [9.17, 15) is 9.59 Å². The maximum absolute atomic E-state index is 12.6. The summed E-state index contributed by atoms with van der Waals surface area (Å²) in [6.45, 7) is 5.42. The van der Waals surface area contributed by atoms with Crippen molar-refractivity contribution < 1.29 is 24.2 Å². The Kier molecular flexibility index (Phi) is 8.16. The lowest BCUT2D eigenvalue weighted by atomic mass is 9.97. The fourth-order valence-corrected chi connectivity index (χ4v) is 5.42. The molecule has 2 atom stereocenters. The third kappa shape index (κ3) is 5.69. The normalized spacial score (nSPS) is 17.1. The molecule has 2 aromatic rings. The molecule has 8 nitrogen and oxygen atoms in total. The minimum Gasteiger partial charge on any atom is -0.494 e. The molecular formula is C21H27N3O5S2. The van der Waals surface area contributed by atoms with Crippen molar-refractivity contribution in [3.63, 3.8) is 0 Å². The Morgan fingerprint density at radius 1 is 1.39 bits per heavy atom. The first-order valence-corrected chi connectivity index (χ1v) is 12.1. The monoisotopic (exact) mass is 465 g/mol. The summed E-state index contributed by atoms with van der Waals surface area (Å²) in [6.07, 6.45) is 1.13. The number of likely N-dealkylation sites (tertiary alicyclic amines) is 1. The number of carboxylic acid groups (broad SMARTS) is 1. The number of thioether (sulfide) groups is 1. The van der Waals surface area contributed by atoms with Gasteiger partial charge in [0.1, 0.15) is 11.5 Å². The average Bonchev–Trinajstić information content (AvgIpc) is 3.36. The van der Waals surface area contributed by atoms with Gasteiger partial charge >= 0.3 is 5.97 Å². The van der Waals surface area contributed by atoms with Gasteiger partial charge in [0.05, 0.1) is 25.3 Å². The zero-order valence-corrected chi connectivity index (χ0v) is 19.2. The van der Waals surface area contributed by atoms with Crippen molar-refractivity contribution in [1.29, 1.82) is 0 Å². The lowest BCUT2D eigenvalue weighted by molar-refractivity contribution is -0.128. The molecule has 1 unspecified atom stereocenters. The zero-order valence-electron chi connectivity index (χ0n) is 17.6. The van der Waals surface area contributed by atoms with Crippen molar-refractivity contribution in [2.45, 2.75) is 43.1 Å². The molecule has 1 saturated heterocycles. The molecule has 0 radical (unpaired) electrons. The Balaban J connectivity index is 1.70. The molecule has 3 rings (SSSR count). The van der Waals surface area contributed by atoms with Gasteiger partial charge in [-0.1, -0.05) is 11.8 Å². The summed E-state index contributed by atoms with van der Waals surface area (Å²) in [4.78, 5) is 29.4. The van der Waals surface area contributed by atoms with Crippen LogP contribution in [-0.2, 0) is 4.79 Å². The number of aromatic nitrogens is 1. The second-order valence-corrected chi connectivity index (χ2v) is 9.14. The number of carboxylic acids is 1. The molecule has 0 saturated carbocycles. The van der Waals surface area contributed by atoms with Gasteiger partial charge in [0.25, 0.3) is 0 Å². The molecule has 1 aliphatic rings. The number of carbonyl (C=O) groups excluding carboxylic acids is 1. The van der Waals surface area contributed by atoms with Crippen molar-refractivity contribution in [2.24, 2.45) is 5.73 Å². The number of hydrogen-bond acceptors (Lipinski definition) is 8. The molecule has 1 amide bonds. The van der Waals surface area contributed by atoms with E-state index < -0.39 is 12.0 Å². The van der Waals surface area contributed by atoms with Crippen LogP contribution in [0.2, 0.25) is 0 Å². The van der Waals surface area contributed by atoms with E-state index in [1.165, 1.54) is 28.5 Å². The van der Waals surface area contributed by atoms with Gasteiger partial charge in [-0.3, -0.25) is 4.79 Å². The molecule has 2 heterocycles. The number of carbonyl (C=O) groups is 2. The summed E-state index contributed by atoms with van der Waals surface area (Å²) in [7, 11) is 0. The number of rotatable bonds is 11. The number of nitrogens with two attached hydrogens (primary N) is 1. The molecule has 1 aliphatic heterocycles. The van der Waals surface area contributed by atoms with Crippen molar-refractivity contribution in [1.82, 2.24) is 9.88 Å². The highest BCUT2D eigenvalue weighted by molar-refractivity contribution is 8.01. The molecule has 0 spiro atoms. The van der Waals surface area contributed by atoms with Crippen LogP contribution >= 0.6 is 23.1 Å². The van der Waals surface area contributed by atoms with Crippen molar-refractivity contribution in [3.05, 3.63) is 34.8 Å². The minimum absolute atomic E-state index is 0.0438. The van der Waals surface area contributed by atoms with Crippen LogP contribution in [0.15, 0.2) is 27.9 Å². The molecular weight excluding hydrogens is 438 g/mol. The topological polar surface area (TPSA) is 115 Å². The van der Waals surface area contributed by atoms with E-state index in [2.05, 4.69) is 4.98 Å². The Labute approximate surface area is 189 Å². The number of nitrogens with zero attached hydrogens (tertiary/aromatic N) is 2. The highest BCUT2D eigenvalue weighted by atomic mass is 32.2. The Bertz CT molecular complexity index is 920. The lowest BCUT2D eigenvalue weighted by Gasteiger charge is -2.30. The van der Waals surface area contributed by atoms with Gasteiger partial charge in [0, 0.05) is 29.7 Å². The van der Waals surface area contributed by atoms with Crippen LogP contribution in [0.1, 0.15) is 48.8 Å². The quantitative estimate of drug-likeness (QED) is 0.485. The second kappa shape index (κ2) is 10.8. The molecule has 168 valence electrons. The van der Waals surface area contributed by atoms with Crippen molar-refractivity contribution >= 4 is 35.0 Å². The highest BCUT2D eigenvalue weighted by Gasteiger charge is 2.36. The standard InChI is InChI=1S/C21H27N3O5S2/c1-3-28-13-5-7-17(29-4-2)14(11-13)19(22)16-6-8-18(25)24(16)9-10-30-21-23-15(12-31-21)20(26)27/h5,7,11-12,16,19H,3-4,6,8-10,22H2,1-2H3,(H,26,27)/t16-,19?/m1/s1. The van der Waals surface area contributed by atoms with Gasteiger partial charge < -0.3 is 25.2 Å². The van der Waals surface area contributed by atoms with E-state index in [1.54, 1.807) is 0 Å². The molecule has 0 bridgehead atoms. The summed E-state index contributed by atoms with van der Waals surface area (Å²) in [5.74, 6) is 1.07. The SMILES string of the molecule is CCOc1ccc(OCC)c(C(N)[C@H]2CCC(=O)N2CCSc2nc(C(=O)O)cs2)c1. The van der Waals surface area contributed by atoms with Gasteiger partial charge in [-0.15, -0.1) is 11.3 Å². The zero-order chi connectivity index (χ0) is 22.4. The maximum atomic E-state index is 12.6. The first kappa shape index (κ1) is 23.4. The molecule has 10 heteroatoms. The maximum Gasteiger partial charge on any atom is 0.355 e. The van der Waals surface area contributed by atoms with Crippen LogP contribution in [0.3, 0.4) is 0 Å². The van der Waals surface area contributed by atoms with Gasteiger partial charge in [-0.2, -0.15) is 0 Å². The van der Waals surface area contributed by atoms with E-state index >= 15 is 0 Å². The molecule has 3 N–H and O–H groups in total. The third-order valence-electron chi connectivity index (χ3n) is 5.00. The fraction of sp³-hybridized carbons (Fsp3) is 0.476. The van der Waals surface area contributed by atoms with Gasteiger partial charge in [0.15, 0.2) is 10.0 Å². The van der Waals surface area contributed by atoms with E-state index in [-0.39, 0.29) is 17.6 Å². The number of benzene rings is 1. The number of aromatic carboxylic acids is 1. The smallest absolute Gasteiger partial charge is 0.355 e. The predicted molar refractivity (Wildman–Crippen MR) is 120 cm³/mol. The summed E-state index contributed by atoms with van der Waals surface area (Å²) in [5, 5.41) is 10.5. The highest BCUT2D eigenvalue weighted by Crippen LogP contribution is 2.36. The molecule has 1 aromatic carbocycles. The summed E-state index contributed by atoms with van der Waals surface area (Å²) in [5.41, 5.74) is 7.53. The Morgan fingerprint density at radius 2 is 2.16 bits per heavy atom. The molecule has 1 aromatic heterocycles. The summed E-state index contributed by atoms with van der Waals surface area (Å²) >= 11 is 2.73. The van der Waals surface area contributed by atoms with E-state index in [4.69, 9.17) is 20.3 Å². The third-order valence-corrected chi connectivity index (χ3v) is 7.00. The van der Waals surface area contributed by atoms with Crippen LogP contribution in [-0.4, -0.2) is 58.4 Å². The van der Waals surface area contributed by atoms with Crippen LogP contribution in [0.4, 0.5) is 0 Å². The number of ether oxygens (including phenoxy) is 2. The number of hydrogen-bond donors (Lipinski definition) is 2. The van der Waals surface area contributed by atoms with Crippen LogP contribution in [0.25, 0.3) is 0 Å². The number of amides is 1. The van der Waals surface area contributed by atoms with Crippen LogP contribution in [0.5, 0.6) is 11.5 Å². The van der Waals surface area contributed by atoms with Crippen molar-refractivity contribution in [2.75, 3.05) is 25.5 Å². The molecule has 1 fully saturated rings. The first-order valence-electron chi connectivity index (χ1n) is 10.2. The Hall–Kier alpha value is -2.30. The summed E-state index contributed by atoms with van der Waals surface area (Å²) in [6, 6.07) is 5.08. The molecule has 31 heavy (non-hydrogen) atoms. The first-order chi connectivity index (χ1) is 14.9. The average molecular weight is 466 g/mol. The van der Waals surface area contributed by atoms with Gasteiger partial charge in [0.2, 0.25) is 5.91 Å². The Morgan fingerprint density at radius 3 is 2.84 bits per heavy atom. The van der Waals surface area contributed by atoms with E-state index in [1.807, 2.05) is 36.9 Å². The second-order valence-electron chi connectivity index (χ2n) is 6.94. The minimum atomic E-state index is -1.04. The largest absolute Gasteiger partial charge is 0.494 e. The van der Waals surface area contributed by atoms with Crippen LogP contribution < -0.4 is 15.2 Å². The van der Waals surface area contributed by atoms with E-state index in [0.29, 0.717) is 48.4 Å².